The Morgan fingerprint density at radius 3 is 2.44 bits per heavy atom. The maximum absolute atomic E-state index is 5.36. The third-order valence-corrected chi connectivity index (χ3v) is 3.08. The van der Waals surface area contributed by atoms with Crippen molar-refractivity contribution in [3.05, 3.63) is 0 Å². The van der Waals surface area contributed by atoms with Crippen molar-refractivity contribution in [3.8, 4) is 0 Å². The van der Waals surface area contributed by atoms with Crippen LogP contribution in [0.5, 0.6) is 0 Å². The molecule has 0 aromatic carbocycles. The second-order valence-corrected chi connectivity index (χ2v) is 4.94. The molecule has 1 aromatic heterocycles. The van der Waals surface area contributed by atoms with Crippen molar-refractivity contribution in [2.75, 3.05) is 41.7 Å². The molecule has 0 saturated heterocycles. The van der Waals surface area contributed by atoms with E-state index in [-0.39, 0.29) is 0 Å². The monoisotopic (exact) mass is 271 g/mol. The van der Waals surface area contributed by atoms with Gasteiger partial charge in [-0.15, -0.1) is 0 Å². The molecule has 4 N–H and O–H groups in total. The zero-order valence-electron chi connectivity index (χ0n) is 11.3. The van der Waals surface area contributed by atoms with Crippen LogP contribution in [0.15, 0.2) is 0 Å². The van der Waals surface area contributed by atoms with Crippen LogP contribution < -0.4 is 21.5 Å². The number of nitrogens with one attached hydrogen (secondary N) is 2. The summed E-state index contributed by atoms with van der Waals surface area (Å²) >= 11 is 1.79. The lowest BCUT2D eigenvalue weighted by Gasteiger charge is -2.17. The number of nitrogens with zero attached hydrogens (tertiary/aromatic N) is 4. The van der Waals surface area contributed by atoms with E-state index in [4.69, 9.17) is 5.84 Å². The molecule has 0 bridgehead atoms. The van der Waals surface area contributed by atoms with Gasteiger partial charge in [-0.3, -0.25) is 5.43 Å². The van der Waals surface area contributed by atoms with E-state index in [1.54, 1.807) is 11.8 Å². The highest BCUT2D eigenvalue weighted by Crippen LogP contribution is 2.13. The van der Waals surface area contributed by atoms with E-state index < -0.39 is 0 Å². The van der Waals surface area contributed by atoms with Crippen LogP contribution >= 0.6 is 11.8 Å². The number of hydrogen-bond acceptors (Lipinski definition) is 8. The lowest BCUT2D eigenvalue weighted by atomic mass is 10.3. The fraction of sp³-hybridized carbons (Fsp3) is 0.700. The summed E-state index contributed by atoms with van der Waals surface area (Å²) in [4.78, 5) is 14.5. The molecule has 1 rings (SSSR count). The Balaban J connectivity index is 2.89. The third-order valence-electron chi connectivity index (χ3n) is 2.35. The first kappa shape index (κ1) is 14.8. The van der Waals surface area contributed by atoms with E-state index in [2.05, 4.69) is 38.9 Å². The first-order chi connectivity index (χ1) is 8.60. The van der Waals surface area contributed by atoms with Gasteiger partial charge in [0.2, 0.25) is 17.8 Å². The van der Waals surface area contributed by atoms with E-state index >= 15 is 0 Å². The summed E-state index contributed by atoms with van der Waals surface area (Å²) in [5.74, 6) is 7.83. The molecule has 102 valence electrons. The number of nitrogen functional groups attached to an aromatic ring is 1. The molecular formula is C10H21N7S. The summed E-state index contributed by atoms with van der Waals surface area (Å²) in [7, 11) is 3.75. The van der Waals surface area contributed by atoms with Crippen molar-refractivity contribution in [2.45, 2.75) is 19.4 Å². The molecule has 0 aliphatic heterocycles. The zero-order valence-corrected chi connectivity index (χ0v) is 12.1. The summed E-state index contributed by atoms with van der Waals surface area (Å²) in [6, 6.07) is 0.336. The fourth-order valence-corrected chi connectivity index (χ4v) is 2.06. The van der Waals surface area contributed by atoms with Gasteiger partial charge in [-0.25, -0.2) is 5.84 Å². The molecular weight excluding hydrogens is 250 g/mol. The summed E-state index contributed by atoms with van der Waals surface area (Å²) in [6.45, 7) is 2.13. The molecule has 1 atom stereocenters. The second kappa shape index (κ2) is 7.22. The lowest BCUT2D eigenvalue weighted by Crippen LogP contribution is -2.25. The lowest BCUT2D eigenvalue weighted by molar-refractivity contribution is 0.760. The van der Waals surface area contributed by atoms with E-state index in [1.807, 2.05) is 19.0 Å². The van der Waals surface area contributed by atoms with Crippen LogP contribution in [-0.4, -0.2) is 47.1 Å². The Kier molecular flexibility index (Phi) is 5.93. The van der Waals surface area contributed by atoms with Crippen LogP contribution in [0.3, 0.4) is 0 Å². The summed E-state index contributed by atoms with van der Waals surface area (Å²) < 4.78 is 0. The molecule has 1 heterocycles. The Morgan fingerprint density at radius 1 is 1.28 bits per heavy atom. The highest BCUT2D eigenvalue weighted by atomic mass is 32.2. The minimum atomic E-state index is 0.336. The molecule has 0 spiro atoms. The topological polar surface area (TPSA) is 92.0 Å². The molecule has 8 heteroatoms. The van der Waals surface area contributed by atoms with Crippen LogP contribution in [0.1, 0.15) is 13.3 Å². The van der Waals surface area contributed by atoms with Gasteiger partial charge >= 0.3 is 0 Å². The average molecular weight is 271 g/mol. The number of rotatable bonds is 7. The Hall–Kier alpha value is -1.28. The SMILES string of the molecule is CCC(CSC)Nc1nc(NN)nc(N(C)C)n1. The van der Waals surface area contributed by atoms with E-state index in [0.29, 0.717) is 23.9 Å². The number of hydrogen-bond donors (Lipinski definition) is 3. The van der Waals surface area contributed by atoms with Crippen molar-refractivity contribution in [1.29, 1.82) is 0 Å². The van der Waals surface area contributed by atoms with Crippen LogP contribution in [0.25, 0.3) is 0 Å². The van der Waals surface area contributed by atoms with Crippen LogP contribution in [0, 0.1) is 0 Å². The van der Waals surface area contributed by atoms with Crippen molar-refractivity contribution in [3.63, 3.8) is 0 Å². The first-order valence-electron chi connectivity index (χ1n) is 5.76. The molecule has 7 nitrogen and oxygen atoms in total. The quantitative estimate of drug-likeness (QED) is 0.495. The highest BCUT2D eigenvalue weighted by Gasteiger charge is 2.11. The van der Waals surface area contributed by atoms with Gasteiger partial charge in [0.05, 0.1) is 0 Å². The zero-order chi connectivity index (χ0) is 13.5. The van der Waals surface area contributed by atoms with Gasteiger partial charge in [0.1, 0.15) is 0 Å². The molecule has 0 radical (unpaired) electrons. The smallest absolute Gasteiger partial charge is 0.243 e. The number of anilines is 3. The van der Waals surface area contributed by atoms with Crippen LogP contribution in [0.2, 0.25) is 0 Å². The van der Waals surface area contributed by atoms with Gasteiger partial charge in [-0.1, -0.05) is 6.92 Å². The number of aromatic nitrogens is 3. The Bertz CT molecular complexity index is 371. The maximum atomic E-state index is 5.36. The Labute approximate surface area is 112 Å². The van der Waals surface area contributed by atoms with Gasteiger partial charge in [0.25, 0.3) is 0 Å². The van der Waals surface area contributed by atoms with E-state index in [9.17, 15) is 0 Å². The third kappa shape index (κ3) is 4.19. The van der Waals surface area contributed by atoms with E-state index in [0.717, 1.165) is 12.2 Å². The van der Waals surface area contributed by atoms with Gasteiger partial charge in [0.15, 0.2) is 0 Å². The highest BCUT2D eigenvalue weighted by molar-refractivity contribution is 7.98. The summed E-state index contributed by atoms with van der Waals surface area (Å²) in [5, 5.41) is 3.29. The normalized spacial score (nSPS) is 12.1. The van der Waals surface area contributed by atoms with Crippen molar-refractivity contribution >= 4 is 29.6 Å². The van der Waals surface area contributed by atoms with Crippen molar-refractivity contribution in [1.82, 2.24) is 15.0 Å². The van der Waals surface area contributed by atoms with Gasteiger partial charge < -0.3 is 10.2 Å². The molecule has 18 heavy (non-hydrogen) atoms. The standard InChI is InChI=1S/C10H21N7S/c1-5-7(6-18-4)12-8-13-9(16-11)15-10(14-8)17(2)3/h7H,5-6,11H2,1-4H3,(H2,12,13,14,15,16). The summed E-state index contributed by atoms with van der Waals surface area (Å²) in [6.07, 6.45) is 3.09. The van der Waals surface area contributed by atoms with Gasteiger partial charge in [-0.2, -0.15) is 26.7 Å². The maximum Gasteiger partial charge on any atom is 0.243 e. The molecule has 0 saturated carbocycles. The predicted octanol–water partition coefficient (Wildman–Crippen LogP) is 0.777. The molecule has 0 aliphatic rings. The number of nitrogens with two attached hydrogens (primary N) is 1. The second-order valence-electron chi connectivity index (χ2n) is 4.03. The molecule has 0 aliphatic carbocycles. The molecule has 0 fully saturated rings. The molecule has 1 aromatic rings. The predicted molar refractivity (Wildman–Crippen MR) is 78.0 cm³/mol. The minimum absolute atomic E-state index is 0.336. The fourth-order valence-electron chi connectivity index (χ4n) is 1.34. The Morgan fingerprint density at radius 2 is 1.94 bits per heavy atom. The number of hydrazine groups is 1. The number of thioether (sulfide) groups is 1. The van der Waals surface area contributed by atoms with Crippen molar-refractivity contribution in [2.24, 2.45) is 5.84 Å². The van der Waals surface area contributed by atoms with Crippen molar-refractivity contribution < 1.29 is 0 Å². The van der Waals surface area contributed by atoms with Crippen LogP contribution in [0.4, 0.5) is 17.8 Å². The first-order valence-corrected chi connectivity index (χ1v) is 7.15. The minimum Gasteiger partial charge on any atom is -0.350 e. The molecule has 1 unspecified atom stereocenters. The molecule has 0 amide bonds. The summed E-state index contributed by atoms with van der Waals surface area (Å²) in [5.41, 5.74) is 2.45. The largest absolute Gasteiger partial charge is 0.350 e. The van der Waals surface area contributed by atoms with Gasteiger partial charge in [-0.05, 0) is 12.7 Å². The average Bonchev–Trinajstić information content (AvgIpc) is 2.37. The van der Waals surface area contributed by atoms with E-state index in [1.165, 1.54) is 0 Å². The van der Waals surface area contributed by atoms with Crippen LogP contribution in [-0.2, 0) is 0 Å². The van der Waals surface area contributed by atoms with Gasteiger partial charge in [0, 0.05) is 25.9 Å².